The molecule has 1 N–H and O–H groups in total. The first-order valence-corrected chi connectivity index (χ1v) is 8.08. The highest BCUT2D eigenvalue weighted by atomic mass is 32.2. The minimum absolute atomic E-state index is 0.0748. The maximum atomic E-state index is 11.9. The van der Waals surface area contributed by atoms with Crippen molar-refractivity contribution in [1.29, 1.82) is 0 Å². The van der Waals surface area contributed by atoms with Gasteiger partial charge in [0.15, 0.2) is 5.17 Å². The topological polar surface area (TPSA) is 47.9 Å². The SMILES string of the molecule is C=CCNC(=O)C(C)N1CCN(C2=NCC(C)S2)CC1. The van der Waals surface area contributed by atoms with Crippen LogP contribution >= 0.6 is 11.8 Å². The van der Waals surface area contributed by atoms with Crippen molar-refractivity contribution in [3.05, 3.63) is 12.7 Å². The van der Waals surface area contributed by atoms with Crippen LogP contribution in [0.4, 0.5) is 0 Å². The van der Waals surface area contributed by atoms with E-state index in [-0.39, 0.29) is 11.9 Å². The van der Waals surface area contributed by atoms with E-state index >= 15 is 0 Å². The lowest BCUT2D eigenvalue weighted by molar-refractivity contribution is -0.126. The fourth-order valence-electron chi connectivity index (χ4n) is 2.42. The molecule has 1 fully saturated rings. The molecule has 5 nitrogen and oxygen atoms in total. The summed E-state index contributed by atoms with van der Waals surface area (Å²) >= 11 is 1.87. The molecule has 0 spiro atoms. The van der Waals surface area contributed by atoms with Gasteiger partial charge in [0.25, 0.3) is 0 Å². The zero-order chi connectivity index (χ0) is 14.5. The van der Waals surface area contributed by atoms with Gasteiger partial charge in [-0.05, 0) is 6.92 Å². The molecule has 2 heterocycles. The van der Waals surface area contributed by atoms with E-state index in [1.54, 1.807) is 6.08 Å². The van der Waals surface area contributed by atoms with Crippen LogP contribution in [-0.2, 0) is 4.79 Å². The third-order valence-corrected chi connectivity index (χ3v) is 4.87. The number of aliphatic imine (C=N–C) groups is 1. The molecule has 1 saturated heterocycles. The van der Waals surface area contributed by atoms with Crippen LogP contribution in [-0.4, -0.2) is 71.4 Å². The first-order chi connectivity index (χ1) is 9.61. The third-order valence-electron chi connectivity index (χ3n) is 3.72. The molecule has 2 aliphatic rings. The van der Waals surface area contributed by atoms with Gasteiger partial charge in [0.2, 0.25) is 5.91 Å². The molecule has 0 aromatic heterocycles. The van der Waals surface area contributed by atoms with Crippen LogP contribution in [0.2, 0.25) is 0 Å². The smallest absolute Gasteiger partial charge is 0.237 e. The van der Waals surface area contributed by atoms with Gasteiger partial charge in [-0.25, -0.2) is 0 Å². The first kappa shape index (κ1) is 15.4. The lowest BCUT2D eigenvalue weighted by Gasteiger charge is -2.38. The largest absolute Gasteiger partial charge is 0.351 e. The summed E-state index contributed by atoms with van der Waals surface area (Å²) in [4.78, 5) is 21.1. The predicted molar refractivity (Wildman–Crippen MR) is 85.2 cm³/mol. The van der Waals surface area contributed by atoms with Crippen molar-refractivity contribution in [3.8, 4) is 0 Å². The van der Waals surface area contributed by atoms with E-state index in [4.69, 9.17) is 0 Å². The van der Waals surface area contributed by atoms with Crippen LogP contribution in [0.25, 0.3) is 0 Å². The zero-order valence-corrected chi connectivity index (χ0v) is 13.2. The number of carbonyl (C=O) groups excluding carboxylic acids is 1. The number of amides is 1. The molecule has 0 bridgehead atoms. The summed E-state index contributed by atoms with van der Waals surface area (Å²) in [6.07, 6.45) is 1.71. The summed E-state index contributed by atoms with van der Waals surface area (Å²) in [7, 11) is 0. The molecular formula is C14H24N4OS. The van der Waals surface area contributed by atoms with Crippen molar-refractivity contribution in [2.45, 2.75) is 25.1 Å². The van der Waals surface area contributed by atoms with Crippen molar-refractivity contribution in [2.24, 2.45) is 4.99 Å². The summed E-state index contributed by atoms with van der Waals surface area (Å²) in [6.45, 7) is 13.0. The van der Waals surface area contributed by atoms with Crippen LogP contribution in [0.3, 0.4) is 0 Å². The van der Waals surface area contributed by atoms with Gasteiger partial charge in [-0.3, -0.25) is 14.7 Å². The standard InChI is InChI=1S/C14H24N4OS/c1-4-5-15-13(19)12(3)17-6-8-18(9-7-17)14-16-10-11(2)20-14/h4,11-12H,1,5-10H2,2-3H3,(H,15,19). The van der Waals surface area contributed by atoms with E-state index in [1.807, 2.05) is 18.7 Å². The fraction of sp³-hybridized carbons (Fsp3) is 0.714. The van der Waals surface area contributed by atoms with Crippen LogP contribution in [0, 0.1) is 0 Å². The van der Waals surface area contributed by atoms with Gasteiger partial charge in [0, 0.05) is 38.0 Å². The highest BCUT2D eigenvalue weighted by Gasteiger charge is 2.28. The summed E-state index contributed by atoms with van der Waals surface area (Å²) in [5, 5.41) is 4.65. The second-order valence-corrected chi connectivity index (χ2v) is 6.69. The van der Waals surface area contributed by atoms with Crippen LogP contribution < -0.4 is 5.32 Å². The molecule has 2 unspecified atom stereocenters. The summed E-state index contributed by atoms with van der Waals surface area (Å²) in [5.74, 6) is 0.0829. The summed E-state index contributed by atoms with van der Waals surface area (Å²) in [5.41, 5.74) is 0. The monoisotopic (exact) mass is 296 g/mol. The van der Waals surface area contributed by atoms with Crippen LogP contribution in [0.1, 0.15) is 13.8 Å². The molecule has 0 saturated carbocycles. The second-order valence-electron chi connectivity index (χ2n) is 5.28. The zero-order valence-electron chi connectivity index (χ0n) is 12.3. The highest BCUT2D eigenvalue weighted by molar-refractivity contribution is 8.14. The lowest BCUT2D eigenvalue weighted by atomic mass is 10.2. The van der Waals surface area contributed by atoms with Crippen molar-refractivity contribution in [2.75, 3.05) is 39.3 Å². The average Bonchev–Trinajstić information content (AvgIpc) is 2.90. The number of carbonyl (C=O) groups is 1. The number of nitrogens with one attached hydrogen (secondary N) is 1. The lowest BCUT2D eigenvalue weighted by Crippen LogP contribution is -2.54. The Bertz CT molecular complexity index is 391. The Labute approximate surface area is 125 Å². The van der Waals surface area contributed by atoms with E-state index in [9.17, 15) is 4.79 Å². The predicted octanol–water partition coefficient (Wildman–Crippen LogP) is 0.786. The number of thioether (sulfide) groups is 1. The van der Waals surface area contributed by atoms with Gasteiger partial charge in [-0.15, -0.1) is 6.58 Å². The summed E-state index contributed by atoms with van der Waals surface area (Å²) < 4.78 is 0. The molecule has 2 rings (SSSR count). The Morgan fingerprint density at radius 3 is 2.80 bits per heavy atom. The Balaban J connectivity index is 1.79. The molecule has 0 radical (unpaired) electrons. The maximum Gasteiger partial charge on any atom is 0.237 e. The number of hydrogen-bond donors (Lipinski definition) is 1. The maximum absolute atomic E-state index is 11.9. The number of hydrogen-bond acceptors (Lipinski definition) is 5. The molecular weight excluding hydrogens is 272 g/mol. The molecule has 0 aliphatic carbocycles. The third kappa shape index (κ3) is 3.76. The van der Waals surface area contributed by atoms with Crippen molar-refractivity contribution >= 4 is 22.8 Å². The summed E-state index contributed by atoms with van der Waals surface area (Å²) in [6, 6.07) is -0.0748. The van der Waals surface area contributed by atoms with Crippen molar-refractivity contribution in [1.82, 2.24) is 15.1 Å². The Morgan fingerprint density at radius 2 is 2.25 bits per heavy atom. The Morgan fingerprint density at radius 1 is 1.55 bits per heavy atom. The molecule has 2 aliphatic heterocycles. The second kappa shape index (κ2) is 7.13. The number of piperazine rings is 1. The molecule has 6 heteroatoms. The molecule has 1 amide bonds. The average molecular weight is 296 g/mol. The van der Waals surface area contributed by atoms with Crippen molar-refractivity contribution in [3.63, 3.8) is 0 Å². The molecule has 2 atom stereocenters. The Kier molecular flexibility index (Phi) is 5.48. The molecule has 0 aromatic carbocycles. The van der Waals surface area contributed by atoms with E-state index < -0.39 is 0 Å². The van der Waals surface area contributed by atoms with E-state index in [0.29, 0.717) is 11.8 Å². The number of nitrogens with zero attached hydrogens (tertiary/aromatic N) is 3. The Hall–Kier alpha value is -1.01. The quantitative estimate of drug-likeness (QED) is 0.779. The van der Waals surface area contributed by atoms with Crippen LogP contribution in [0.15, 0.2) is 17.6 Å². The number of rotatable bonds is 4. The normalized spacial score (nSPS) is 25.2. The van der Waals surface area contributed by atoms with Gasteiger partial charge in [0.05, 0.1) is 12.6 Å². The van der Waals surface area contributed by atoms with E-state index in [0.717, 1.165) is 32.7 Å². The highest BCUT2D eigenvalue weighted by Crippen LogP contribution is 2.23. The van der Waals surface area contributed by atoms with Gasteiger partial charge in [-0.1, -0.05) is 24.8 Å². The van der Waals surface area contributed by atoms with Gasteiger partial charge in [-0.2, -0.15) is 0 Å². The first-order valence-electron chi connectivity index (χ1n) is 7.20. The van der Waals surface area contributed by atoms with Gasteiger partial charge >= 0.3 is 0 Å². The fourth-order valence-corrected chi connectivity index (χ4v) is 3.41. The van der Waals surface area contributed by atoms with Gasteiger partial charge < -0.3 is 10.2 Å². The minimum atomic E-state index is -0.0748. The number of amidine groups is 1. The molecule has 0 aromatic rings. The molecule has 112 valence electrons. The van der Waals surface area contributed by atoms with E-state index in [1.165, 1.54) is 5.17 Å². The van der Waals surface area contributed by atoms with Crippen LogP contribution in [0.5, 0.6) is 0 Å². The van der Waals surface area contributed by atoms with Gasteiger partial charge in [0.1, 0.15) is 0 Å². The van der Waals surface area contributed by atoms with E-state index in [2.05, 4.69) is 33.6 Å². The molecule has 20 heavy (non-hydrogen) atoms. The minimum Gasteiger partial charge on any atom is -0.351 e. The van der Waals surface area contributed by atoms with Crippen molar-refractivity contribution < 1.29 is 4.79 Å².